The summed E-state index contributed by atoms with van der Waals surface area (Å²) >= 11 is 0. The van der Waals surface area contributed by atoms with Gasteiger partial charge in [0.1, 0.15) is 5.54 Å². The Bertz CT molecular complexity index is 430. The smallest absolute Gasteiger partial charge is 0.327 e. The lowest BCUT2D eigenvalue weighted by atomic mass is 10.0. The summed E-state index contributed by atoms with van der Waals surface area (Å²) in [5.74, 6) is -0.359. The van der Waals surface area contributed by atoms with Crippen molar-refractivity contribution in [1.29, 1.82) is 0 Å². The lowest BCUT2D eigenvalue weighted by Crippen LogP contribution is -2.54. The fourth-order valence-corrected chi connectivity index (χ4v) is 2.04. The van der Waals surface area contributed by atoms with Gasteiger partial charge in [-0.25, -0.2) is 4.79 Å². The van der Waals surface area contributed by atoms with E-state index in [1.54, 1.807) is 13.8 Å². The zero-order chi connectivity index (χ0) is 14.5. The molecular formula is C15H24N2O2. The van der Waals surface area contributed by atoms with E-state index in [4.69, 9.17) is 10.5 Å². The first kappa shape index (κ1) is 15.5. The Labute approximate surface area is 115 Å². The van der Waals surface area contributed by atoms with Gasteiger partial charge in [-0.3, -0.25) is 0 Å². The van der Waals surface area contributed by atoms with Crippen molar-refractivity contribution in [3.05, 3.63) is 29.8 Å². The van der Waals surface area contributed by atoms with Crippen LogP contribution < -0.4 is 10.6 Å². The number of hydrogen-bond donors (Lipinski definition) is 1. The minimum Gasteiger partial charge on any atom is -0.465 e. The third kappa shape index (κ3) is 3.96. The molecule has 0 saturated heterocycles. The molecule has 4 nitrogen and oxygen atoms in total. The van der Waals surface area contributed by atoms with Crippen LogP contribution in [0.1, 0.15) is 26.3 Å². The highest BCUT2D eigenvalue weighted by atomic mass is 16.5. The molecule has 0 aliphatic heterocycles. The van der Waals surface area contributed by atoms with Gasteiger partial charge in [-0.05, 0) is 39.3 Å². The van der Waals surface area contributed by atoms with E-state index in [0.717, 1.165) is 12.2 Å². The first-order valence-corrected chi connectivity index (χ1v) is 6.69. The van der Waals surface area contributed by atoms with Crippen LogP contribution in [0.15, 0.2) is 24.3 Å². The van der Waals surface area contributed by atoms with Gasteiger partial charge in [0.25, 0.3) is 0 Å². The monoisotopic (exact) mass is 264 g/mol. The molecule has 1 atom stereocenters. The van der Waals surface area contributed by atoms with E-state index in [2.05, 4.69) is 17.9 Å². The van der Waals surface area contributed by atoms with Crippen molar-refractivity contribution in [1.82, 2.24) is 0 Å². The molecule has 1 aromatic rings. The molecule has 2 N–H and O–H groups in total. The van der Waals surface area contributed by atoms with Crippen LogP contribution >= 0.6 is 0 Å². The van der Waals surface area contributed by atoms with Gasteiger partial charge in [0.2, 0.25) is 0 Å². The molecule has 1 unspecified atom stereocenters. The molecule has 1 rings (SSSR count). The van der Waals surface area contributed by atoms with Crippen molar-refractivity contribution in [2.75, 3.05) is 24.6 Å². The summed E-state index contributed by atoms with van der Waals surface area (Å²) in [5, 5.41) is 0. The van der Waals surface area contributed by atoms with Crippen LogP contribution in [0.5, 0.6) is 0 Å². The number of carbonyl (C=O) groups excluding carboxylic acids is 1. The Morgan fingerprint density at radius 1 is 1.37 bits per heavy atom. The Kier molecular flexibility index (Phi) is 5.36. The topological polar surface area (TPSA) is 55.6 Å². The quantitative estimate of drug-likeness (QED) is 0.799. The highest BCUT2D eigenvalue weighted by molar-refractivity contribution is 5.81. The zero-order valence-electron chi connectivity index (χ0n) is 12.3. The summed E-state index contributed by atoms with van der Waals surface area (Å²) in [7, 11) is 0. The number of anilines is 1. The highest BCUT2D eigenvalue weighted by Gasteiger charge is 2.32. The van der Waals surface area contributed by atoms with E-state index in [1.807, 2.05) is 25.1 Å². The van der Waals surface area contributed by atoms with Crippen LogP contribution in [0.25, 0.3) is 0 Å². The molecule has 0 saturated carbocycles. The zero-order valence-corrected chi connectivity index (χ0v) is 12.3. The number of ether oxygens (including phenoxy) is 1. The maximum Gasteiger partial charge on any atom is 0.327 e. The third-order valence-electron chi connectivity index (χ3n) is 3.10. The van der Waals surface area contributed by atoms with Crippen molar-refractivity contribution < 1.29 is 9.53 Å². The Balaban J connectivity index is 2.88. The number of rotatable bonds is 6. The average molecular weight is 264 g/mol. The van der Waals surface area contributed by atoms with Crippen LogP contribution in [0.2, 0.25) is 0 Å². The van der Waals surface area contributed by atoms with Crippen molar-refractivity contribution >= 4 is 11.7 Å². The fourth-order valence-electron chi connectivity index (χ4n) is 2.04. The molecule has 0 fully saturated rings. The molecule has 0 bridgehead atoms. The third-order valence-corrected chi connectivity index (χ3v) is 3.10. The summed E-state index contributed by atoms with van der Waals surface area (Å²) < 4.78 is 5.03. The van der Waals surface area contributed by atoms with Crippen molar-refractivity contribution in [2.45, 2.75) is 33.2 Å². The second kappa shape index (κ2) is 6.57. The maximum atomic E-state index is 11.9. The summed E-state index contributed by atoms with van der Waals surface area (Å²) in [5.41, 5.74) is 7.36. The van der Waals surface area contributed by atoms with E-state index < -0.39 is 5.54 Å². The molecule has 0 aromatic heterocycles. The molecule has 19 heavy (non-hydrogen) atoms. The molecule has 0 aliphatic carbocycles. The van der Waals surface area contributed by atoms with Crippen molar-refractivity contribution in [3.8, 4) is 0 Å². The van der Waals surface area contributed by atoms with Gasteiger partial charge in [-0.1, -0.05) is 18.2 Å². The summed E-state index contributed by atoms with van der Waals surface area (Å²) in [6.45, 7) is 9.18. The van der Waals surface area contributed by atoms with Crippen LogP contribution in [0.4, 0.5) is 5.69 Å². The minimum atomic E-state index is -1.01. The van der Waals surface area contributed by atoms with Gasteiger partial charge in [-0.2, -0.15) is 0 Å². The summed E-state index contributed by atoms with van der Waals surface area (Å²) in [6, 6.07) is 8.08. The molecule has 0 radical (unpaired) electrons. The minimum absolute atomic E-state index is 0.349. The van der Waals surface area contributed by atoms with Gasteiger partial charge in [0.15, 0.2) is 0 Å². The first-order chi connectivity index (χ1) is 8.92. The second-order valence-electron chi connectivity index (χ2n) is 4.94. The fraction of sp³-hybridized carbons (Fsp3) is 0.533. The lowest BCUT2D eigenvalue weighted by molar-refractivity contribution is -0.148. The van der Waals surface area contributed by atoms with Gasteiger partial charge in [0, 0.05) is 18.8 Å². The van der Waals surface area contributed by atoms with Gasteiger partial charge < -0.3 is 15.4 Å². The molecule has 0 spiro atoms. The van der Waals surface area contributed by atoms with E-state index in [-0.39, 0.29) is 5.97 Å². The summed E-state index contributed by atoms with van der Waals surface area (Å²) in [4.78, 5) is 14.0. The first-order valence-electron chi connectivity index (χ1n) is 6.69. The molecule has 4 heteroatoms. The largest absolute Gasteiger partial charge is 0.465 e. The second-order valence-corrected chi connectivity index (χ2v) is 4.94. The number of nitrogens with zero attached hydrogens (tertiary/aromatic N) is 1. The Morgan fingerprint density at radius 3 is 2.53 bits per heavy atom. The molecule has 0 aliphatic rings. The number of aryl methyl sites for hydroxylation is 1. The van der Waals surface area contributed by atoms with Crippen LogP contribution in [0.3, 0.4) is 0 Å². The van der Waals surface area contributed by atoms with E-state index >= 15 is 0 Å². The number of para-hydroxylation sites is 1. The molecule has 0 amide bonds. The number of esters is 1. The standard InChI is InChI=1S/C15H24N2O2/c1-5-17(13-10-8-7-9-12(13)3)11-15(4,16)14(18)19-6-2/h7-10H,5-6,11,16H2,1-4H3. The van der Waals surface area contributed by atoms with Crippen molar-refractivity contribution in [3.63, 3.8) is 0 Å². The van der Waals surface area contributed by atoms with Crippen LogP contribution in [0, 0.1) is 6.92 Å². The SMILES string of the molecule is CCOC(=O)C(C)(N)CN(CC)c1ccccc1C. The highest BCUT2D eigenvalue weighted by Crippen LogP contribution is 2.21. The van der Waals surface area contributed by atoms with E-state index in [0.29, 0.717) is 13.2 Å². The number of nitrogens with two attached hydrogens (primary N) is 1. The molecular weight excluding hydrogens is 240 g/mol. The van der Waals surface area contributed by atoms with Gasteiger partial charge in [0.05, 0.1) is 6.61 Å². The van der Waals surface area contributed by atoms with Crippen LogP contribution in [-0.4, -0.2) is 31.2 Å². The van der Waals surface area contributed by atoms with E-state index in [9.17, 15) is 4.79 Å². The Hall–Kier alpha value is -1.55. The predicted molar refractivity (Wildman–Crippen MR) is 78.3 cm³/mol. The van der Waals surface area contributed by atoms with Crippen LogP contribution in [-0.2, 0) is 9.53 Å². The molecule has 1 aromatic carbocycles. The van der Waals surface area contributed by atoms with Gasteiger partial charge in [-0.15, -0.1) is 0 Å². The van der Waals surface area contributed by atoms with Gasteiger partial charge >= 0.3 is 5.97 Å². The Morgan fingerprint density at radius 2 is 2.00 bits per heavy atom. The lowest BCUT2D eigenvalue weighted by Gasteiger charge is -2.32. The summed E-state index contributed by atoms with van der Waals surface area (Å²) in [6.07, 6.45) is 0. The predicted octanol–water partition coefficient (Wildman–Crippen LogP) is 2.10. The van der Waals surface area contributed by atoms with E-state index in [1.165, 1.54) is 5.56 Å². The number of carbonyl (C=O) groups is 1. The maximum absolute atomic E-state index is 11.9. The number of hydrogen-bond acceptors (Lipinski definition) is 4. The molecule has 0 heterocycles. The molecule has 106 valence electrons. The van der Waals surface area contributed by atoms with Crippen molar-refractivity contribution in [2.24, 2.45) is 5.73 Å². The normalized spacial score (nSPS) is 13.7. The number of benzene rings is 1. The average Bonchev–Trinajstić information content (AvgIpc) is 2.37. The number of likely N-dealkylation sites (N-methyl/N-ethyl adjacent to an activating group) is 1.